The number of hydrogen-bond acceptors (Lipinski definition) is 4. The van der Waals surface area contributed by atoms with E-state index >= 15 is 0 Å². The van der Waals surface area contributed by atoms with E-state index in [0.717, 1.165) is 60.4 Å². The average Bonchev–Trinajstić information content (AvgIpc) is 4.02. The number of thiophene rings is 1. The van der Waals surface area contributed by atoms with Crippen molar-refractivity contribution < 1.29 is 0 Å². The summed E-state index contributed by atoms with van der Waals surface area (Å²) >= 11 is 1.84. The van der Waals surface area contributed by atoms with Crippen LogP contribution in [0, 0.1) is 0 Å². The minimum Gasteiger partial charge on any atom is -0.308 e. The van der Waals surface area contributed by atoms with Crippen LogP contribution in [0.5, 0.6) is 0 Å². The molecule has 0 radical (unpaired) electrons. The number of aromatic nitrogens is 6. The van der Waals surface area contributed by atoms with Gasteiger partial charge in [0, 0.05) is 58.1 Å². The Bertz CT molecular complexity index is 3590. The number of hydrogen-bond donors (Lipinski definition) is 0. The number of rotatable bonds is 4. The summed E-state index contributed by atoms with van der Waals surface area (Å²) in [6.07, 6.45) is 0. The maximum absolute atomic E-state index is 5.47. The molecule has 0 N–H and O–H groups in total. The monoisotopic (exact) mass is 758 g/mol. The largest absolute Gasteiger partial charge is 0.308 e. The SMILES string of the molecule is c1ccc(-n2c3ccccc3c3ccc4sc5ccccc5c4c32)c(-c2nc(-n3c4ccccc4c4ccccc43)nc(-n3c4ccccc4c4ccccc43)n2)c1. The molecule has 13 aromatic rings. The molecule has 0 saturated heterocycles. The van der Waals surface area contributed by atoms with Gasteiger partial charge in [-0.15, -0.1) is 11.3 Å². The van der Waals surface area contributed by atoms with Gasteiger partial charge in [0.05, 0.1) is 38.8 Å². The van der Waals surface area contributed by atoms with Crippen LogP contribution in [-0.2, 0) is 0 Å². The van der Waals surface area contributed by atoms with Crippen molar-refractivity contribution in [3.8, 4) is 29.0 Å². The lowest BCUT2D eigenvalue weighted by atomic mass is 10.1. The van der Waals surface area contributed by atoms with E-state index < -0.39 is 0 Å². The zero-order valence-electron chi connectivity index (χ0n) is 30.9. The van der Waals surface area contributed by atoms with E-state index in [0.29, 0.717) is 17.7 Å². The third-order valence-corrected chi connectivity index (χ3v) is 12.9. The molecule has 6 nitrogen and oxygen atoms in total. The molecule has 0 fully saturated rings. The van der Waals surface area contributed by atoms with Crippen LogP contribution in [0.15, 0.2) is 182 Å². The van der Waals surface area contributed by atoms with Crippen molar-refractivity contribution in [1.29, 1.82) is 0 Å². The van der Waals surface area contributed by atoms with Crippen LogP contribution in [0.3, 0.4) is 0 Å². The van der Waals surface area contributed by atoms with E-state index in [1.165, 1.54) is 36.5 Å². The molecule has 270 valence electrons. The van der Waals surface area contributed by atoms with Crippen LogP contribution in [0.4, 0.5) is 0 Å². The van der Waals surface area contributed by atoms with Gasteiger partial charge in [-0.05, 0) is 54.6 Å². The van der Waals surface area contributed by atoms with E-state index in [1.807, 2.05) is 11.3 Å². The lowest BCUT2D eigenvalue weighted by Crippen LogP contribution is -2.11. The maximum Gasteiger partial charge on any atom is 0.240 e. The highest BCUT2D eigenvalue weighted by Gasteiger charge is 2.24. The first-order valence-electron chi connectivity index (χ1n) is 19.5. The molecule has 13 rings (SSSR count). The second kappa shape index (κ2) is 11.9. The van der Waals surface area contributed by atoms with Crippen molar-refractivity contribution in [3.05, 3.63) is 182 Å². The first kappa shape index (κ1) is 31.6. The highest BCUT2D eigenvalue weighted by atomic mass is 32.1. The first-order chi connectivity index (χ1) is 28.8. The molecule has 0 saturated carbocycles. The highest BCUT2D eigenvalue weighted by Crippen LogP contribution is 2.44. The second-order valence-electron chi connectivity index (χ2n) is 14.8. The summed E-state index contributed by atoms with van der Waals surface area (Å²) in [5, 5.41) is 9.54. The number of para-hydroxylation sites is 6. The molecule has 0 amide bonds. The van der Waals surface area contributed by atoms with E-state index in [-0.39, 0.29) is 0 Å². The van der Waals surface area contributed by atoms with E-state index in [9.17, 15) is 0 Å². The van der Waals surface area contributed by atoms with Gasteiger partial charge < -0.3 is 4.57 Å². The van der Waals surface area contributed by atoms with Crippen molar-refractivity contribution in [2.45, 2.75) is 0 Å². The summed E-state index contributed by atoms with van der Waals surface area (Å²) in [6, 6.07) is 64.7. The zero-order chi connectivity index (χ0) is 37.9. The molecule has 0 spiro atoms. The predicted octanol–water partition coefficient (Wildman–Crippen LogP) is 13.2. The van der Waals surface area contributed by atoms with Gasteiger partial charge in [-0.3, -0.25) is 9.13 Å². The topological polar surface area (TPSA) is 53.5 Å². The Morgan fingerprint density at radius 2 is 0.759 bits per heavy atom. The molecule has 58 heavy (non-hydrogen) atoms. The standard InChI is InChI=1S/C51H30N6S/c1-9-23-40-31(15-1)32-16-2-10-24-41(32)56(40)50-52-49(53-51(54-50)57-42-25-11-3-17-33(42)34-18-4-12-26-43(34)57)37-20-6-13-27-44(37)55-39-22-8-5-19-35(39)36-29-30-46-47(48(36)55)38-21-7-14-28-45(38)58-46/h1-30H. The third-order valence-electron chi connectivity index (χ3n) is 11.7. The normalized spacial score (nSPS) is 12.1. The van der Waals surface area contributed by atoms with Crippen LogP contribution < -0.4 is 0 Å². The summed E-state index contributed by atoms with van der Waals surface area (Å²) in [4.78, 5) is 16.3. The van der Waals surface area contributed by atoms with Crippen LogP contribution >= 0.6 is 11.3 Å². The minimum atomic E-state index is 0.558. The molecule has 0 aliphatic rings. The van der Waals surface area contributed by atoms with Gasteiger partial charge in [-0.1, -0.05) is 127 Å². The molecular formula is C51H30N6S. The Hall–Kier alpha value is -7.61. The van der Waals surface area contributed by atoms with Crippen molar-refractivity contribution in [1.82, 2.24) is 28.7 Å². The lowest BCUT2D eigenvalue weighted by Gasteiger charge is -2.16. The van der Waals surface area contributed by atoms with E-state index in [1.54, 1.807) is 0 Å². The van der Waals surface area contributed by atoms with E-state index in [2.05, 4.69) is 196 Å². The Labute approximate surface area is 335 Å². The van der Waals surface area contributed by atoms with Gasteiger partial charge in [-0.2, -0.15) is 15.0 Å². The minimum absolute atomic E-state index is 0.558. The maximum atomic E-state index is 5.47. The van der Waals surface area contributed by atoms with Crippen molar-refractivity contribution in [3.63, 3.8) is 0 Å². The van der Waals surface area contributed by atoms with Crippen LogP contribution in [0.2, 0.25) is 0 Å². The Morgan fingerprint density at radius 1 is 0.328 bits per heavy atom. The van der Waals surface area contributed by atoms with Gasteiger partial charge in [0.1, 0.15) is 0 Å². The molecule has 0 atom stereocenters. The fourth-order valence-electron chi connectivity index (χ4n) is 9.32. The fourth-order valence-corrected chi connectivity index (χ4v) is 10.4. The third kappa shape index (κ3) is 4.33. The van der Waals surface area contributed by atoms with Crippen molar-refractivity contribution >= 4 is 96.9 Å². The Morgan fingerprint density at radius 3 is 1.31 bits per heavy atom. The van der Waals surface area contributed by atoms with Gasteiger partial charge >= 0.3 is 0 Å². The summed E-state index contributed by atoms with van der Waals surface area (Å²) in [5.41, 5.74) is 8.38. The molecule has 8 aromatic carbocycles. The summed E-state index contributed by atoms with van der Waals surface area (Å²) < 4.78 is 9.36. The summed E-state index contributed by atoms with van der Waals surface area (Å²) in [5.74, 6) is 1.71. The number of nitrogens with zero attached hydrogens (tertiary/aromatic N) is 6. The van der Waals surface area contributed by atoms with Gasteiger partial charge in [-0.25, -0.2) is 0 Å². The van der Waals surface area contributed by atoms with Crippen molar-refractivity contribution in [2.75, 3.05) is 0 Å². The molecule has 5 heterocycles. The quantitative estimate of drug-likeness (QED) is 0.180. The molecule has 7 heteroatoms. The summed E-state index contributed by atoms with van der Waals surface area (Å²) in [7, 11) is 0. The van der Waals surface area contributed by atoms with Gasteiger partial charge in [0.2, 0.25) is 11.9 Å². The first-order valence-corrected chi connectivity index (χ1v) is 20.3. The number of benzene rings is 8. The Kier molecular flexibility index (Phi) is 6.50. The molecule has 5 aromatic heterocycles. The smallest absolute Gasteiger partial charge is 0.240 e. The fraction of sp³-hybridized carbons (Fsp3) is 0. The van der Waals surface area contributed by atoms with Crippen LogP contribution in [0.1, 0.15) is 0 Å². The van der Waals surface area contributed by atoms with Gasteiger partial charge in [0.15, 0.2) is 5.82 Å². The second-order valence-corrected chi connectivity index (χ2v) is 15.9. The van der Waals surface area contributed by atoms with Gasteiger partial charge in [0.25, 0.3) is 0 Å². The zero-order valence-corrected chi connectivity index (χ0v) is 31.7. The highest BCUT2D eigenvalue weighted by molar-refractivity contribution is 7.26. The Balaban J connectivity index is 1.17. The summed E-state index contributed by atoms with van der Waals surface area (Å²) in [6.45, 7) is 0. The average molecular weight is 759 g/mol. The molecule has 0 bridgehead atoms. The molecule has 0 aliphatic heterocycles. The number of fused-ring (bicyclic) bond motifs is 13. The van der Waals surface area contributed by atoms with Crippen LogP contribution in [-0.4, -0.2) is 28.7 Å². The van der Waals surface area contributed by atoms with E-state index in [4.69, 9.17) is 15.0 Å². The molecular weight excluding hydrogens is 729 g/mol. The lowest BCUT2D eigenvalue weighted by molar-refractivity contribution is 0.892. The van der Waals surface area contributed by atoms with Crippen molar-refractivity contribution in [2.24, 2.45) is 0 Å². The predicted molar refractivity (Wildman–Crippen MR) is 241 cm³/mol. The molecule has 0 aliphatic carbocycles. The van der Waals surface area contributed by atoms with Crippen LogP contribution in [0.25, 0.3) is 115 Å². The molecule has 0 unspecified atom stereocenters.